The van der Waals surface area contributed by atoms with E-state index in [-0.39, 0.29) is 11.5 Å². The number of rotatable bonds is 14. The molecule has 1 unspecified atom stereocenters. The maximum Gasteiger partial charge on any atom is 0.274 e. The summed E-state index contributed by atoms with van der Waals surface area (Å²) in [6.07, 6.45) is 8.41. The highest BCUT2D eigenvalue weighted by molar-refractivity contribution is 7.99. The molecular weight excluding hydrogens is 544 g/mol. The average Bonchev–Trinajstić information content (AvgIpc) is 3.28. The Labute approximate surface area is 244 Å². The fourth-order valence-electron chi connectivity index (χ4n) is 4.78. The predicted molar refractivity (Wildman–Crippen MR) is 163 cm³/mol. The van der Waals surface area contributed by atoms with Crippen LogP contribution in [0.2, 0.25) is 5.02 Å². The number of nitrogens with one attached hydrogen (secondary N) is 1. The molecule has 4 rings (SSSR count). The number of anilines is 1. The summed E-state index contributed by atoms with van der Waals surface area (Å²) < 4.78 is 3.44. The molecule has 0 fully saturated rings. The van der Waals surface area contributed by atoms with Crippen LogP contribution in [0.3, 0.4) is 0 Å². The van der Waals surface area contributed by atoms with E-state index in [1.54, 1.807) is 24.9 Å². The molecule has 0 bridgehead atoms. The van der Waals surface area contributed by atoms with Crippen LogP contribution in [-0.2, 0) is 25.3 Å². The Hall–Kier alpha value is -3.17. The predicted octanol–water partition coefficient (Wildman–Crippen LogP) is 6.55. The topological polar surface area (TPSA) is 94.7 Å². The van der Waals surface area contributed by atoms with Crippen molar-refractivity contribution >= 4 is 45.7 Å². The number of aryl methyl sites for hydroxylation is 1. The number of carbonyl (C=O) groups is 1. The number of thioether (sulfide) groups is 1. The van der Waals surface area contributed by atoms with Crippen LogP contribution in [0.5, 0.6) is 0 Å². The molecule has 0 aliphatic rings. The fourth-order valence-corrected chi connectivity index (χ4v) is 6.25. The zero-order valence-electron chi connectivity index (χ0n) is 23.4. The first-order valence-electron chi connectivity index (χ1n) is 13.9. The minimum absolute atomic E-state index is 0.00604. The number of para-hydroxylation sites is 1. The lowest BCUT2D eigenvalue weighted by Crippen LogP contribution is -2.21. The number of fused-ring (bicyclic) bond motifs is 1. The van der Waals surface area contributed by atoms with Gasteiger partial charge in [0, 0.05) is 31.2 Å². The maximum atomic E-state index is 12.5. The standard InChI is InChI=1S/C30H37ClN6O2S/c1-4-13-21(14-7-5-6-8-19-28(38)32-25-18-12-11-17-24(25)31)40-30-34-33-27(36(30)2)20-26-22-15-9-10-16-23(22)29(39)37(3)35-26/h9-12,15-18,21H,4-8,13-14,19-20H2,1-3H3,(H,32,38). The molecular formula is C30H37ClN6O2S. The van der Waals surface area contributed by atoms with Gasteiger partial charge < -0.3 is 9.88 Å². The van der Waals surface area contributed by atoms with E-state index >= 15 is 0 Å². The summed E-state index contributed by atoms with van der Waals surface area (Å²) in [5.74, 6) is 0.829. The molecule has 0 spiro atoms. The summed E-state index contributed by atoms with van der Waals surface area (Å²) in [5.41, 5.74) is 1.38. The van der Waals surface area contributed by atoms with E-state index in [9.17, 15) is 9.59 Å². The fraction of sp³-hybridized carbons (Fsp3) is 0.433. The summed E-state index contributed by atoms with van der Waals surface area (Å²) in [6.45, 7) is 2.21. The molecule has 0 aliphatic heterocycles. The van der Waals surface area contributed by atoms with Gasteiger partial charge in [0.15, 0.2) is 5.16 Å². The van der Waals surface area contributed by atoms with Gasteiger partial charge in [-0.25, -0.2) is 4.68 Å². The largest absolute Gasteiger partial charge is 0.325 e. The molecule has 10 heteroatoms. The minimum Gasteiger partial charge on any atom is -0.325 e. The maximum absolute atomic E-state index is 12.5. The molecule has 8 nitrogen and oxygen atoms in total. The van der Waals surface area contributed by atoms with Crippen molar-refractivity contribution in [3.63, 3.8) is 0 Å². The van der Waals surface area contributed by atoms with Crippen molar-refractivity contribution in [3.8, 4) is 0 Å². The van der Waals surface area contributed by atoms with Crippen molar-refractivity contribution in [1.29, 1.82) is 0 Å². The molecule has 2 aromatic heterocycles. The Balaban J connectivity index is 1.27. The Morgan fingerprint density at radius 3 is 2.48 bits per heavy atom. The number of unbranched alkanes of at least 4 members (excludes halogenated alkanes) is 3. The number of hydrogen-bond donors (Lipinski definition) is 1. The second-order valence-corrected chi connectivity index (χ2v) is 11.7. The third-order valence-electron chi connectivity index (χ3n) is 6.99. The van der Waals surface area contributed by atoms with Crippen LogP contribution in [0.25, 0.3) is 10.8 Å². The van der Waals surface area contributed by atoms with E-state index in [1.165, 1.54) is 4.68 Å². The van der Waals surface area contributed by atoms with Crippen LogP contribution in [0.4, 0.5) is 5.69 Å². The number of halogens is 1. The number of amides is 1. The third-order valence-corrected chi connectivity index (χ3v) is 8.69. The monoisotopic (exact) mass is 580 g/mol. The molecule has 1 amide bonds. The minimum atomic E-state index is -0.101. The highest BCUT2D eigenvalue weighted by atomic mass is 35.5. The zero-order valence-corrected chi connectivity index (χ0v) is 25.0. The molecule has 2 heterocycles. The van der Waals surface area contributed by atoms with Crippen LogP contribution >= 0.6 is 23.4 Å². The van der Waals surface area contributed by atoms with Gasteiger partial charge in [-0.15, -0.1) is 10.2 Å². The second kappa shape index (κ2) is 14.5. The normalized spacial score (nSPS) is 12.1. The van der Waals surface area contributed by atoms with E-state index in [2.05, 4.69) is 27.5 Å². The lowest BCUT2D eigenvalue weighted by molar-refractivity contribution is -0.116. The number of benzene rings is 2. The van der Waals surface area contributed by atoms with Crippen molar-refractivity contribution in [2.24, 2.45) is 14.1 Å². The Morgan fingerprint density at radius 2 is 1.70 bits per heavy atom. The molecule has 4 aromatic rings. The first kappa shape index (κ1) is 29.8. The average molecular weight is 581 g/mol. The SMILES string of the molecule is CCCC(CCCCCCC(=O)Nc1ccccc1Cl)Sc1nnc(Cc2nn(C)c(=O)c3ccccc23)n1C. The summed E-state index contributed by atoms with van der Waals surface area (Å²) in [4.78, 5) is 24.7. The Bertz CT molecular complexity index is 1500. The Kier molecular flexibility index (Phi) is 10.8. The van der Waals surface area contributed by atoms with Crippen LogP contribution < -0.4 is 10.9 Å². The van der Waals surface area contributed by atoms with E-state index in [1.807, 2.05) is 54.1 Å². The highest BCUT2D eigenvalue weighted by Gasteiger charge is 2.18. The van der Waals surface area contributed by atoms with Crippen molar-refractivity contribution in [3.05, 3.63) is 75.4 Å². The summed E-state index contributed by atoms with van der Waals surface area (Å²) in [7, 11) is 3.68. The smallest absolute Gasteiger partial charge is 0.274 e. The molecule has 40 heavy (non-hydrogen) atoms. The lowest BCUT2D eigenvalue weighted by Gasteiger charge is -2.15. The zero-order chi connectivity index (χ0) is 28.5. The third kappa shape index (κ3) is 7.73. The summed E-state index contributed by atoms with van der Waals surface area (Å²) >= 11 is 7.91. The number of carbonyl (C=O) groups excluding carboxylic acids is 1. The van der Waals surface area contributed by atoms with Gasteiger partial charge in [0.05, 0.1) is 28.2 Å². The van der Waals surface area contributed by atoms with Gasteiger partial charge in [0.25, 0.3) is 5.56 Å². The first-order chi connectivity index (χ1) is 19.4. The van der Waals surface area contributed by atoms with Crippen molar-refractivity contribution in [2.75, 3.05) is 5.32 Å². The quantitative estimate of drug-likeness (QED) is 0.134. The molecule has 1 N–H and O–H groups in total. The molecule has 0 aliphatic carbocycles. The van der Waals surface area contributed by atoms with E-state index < -0.39 is 0 Å². The Morgan fingerprint density at radius 1 is 0.975 bits per heavy atom. The number of hydrogen-bond acceptors (Lipinski definition) is 6. The van der Waals surface area contributed by atoms with Crippen molar-refractivity contribution in [1.82, 2.24) is 24.5 Å². The van der Waals surface area contributed by atoms with Gasteiger partial charge >= 0.3 is 0 Å². The van der Waals surface area contributed by atoms with Gasteiger partial charge in [0.1, 0.15) is 5.82 Å². The van der Waals surface area contributed by atoms with Crippen molar-refractivity contribution in [2.45, 2.75) is 75.1 Å². The molecule has 212 valence electrons. The number of aromatic nitrogens is 5. The molecule has 0 saturated carbocycles. The summed E-state index contributed by atoms with van der Waals surface area (Å²) in [6, 6.07) is 14.9. The number of nitrogens with zero attached hydrogens (tertiary/aromatic N) is 5. The highest BCUT2D eigenvalue weighted by Crippen LogP contribution is 2.29. The van der Waals surface area contributed by atoms with Crippen LogP contribution in [0.15, 0.2) is 58.5 Å². The molecule has 2 aromatic carbocycles. The van der Waals surface area contributed by atoms with Gasteiger partial charge in [-0.2, -0.15) is 5.10 Å². The lowest BCUT2D eigenvalue weighted by atomic mass is 10.1. The van der Waals surface area contributed by atoms with Crippen LogP contribution in [0, 0.1) is 0 Å². The molecule has 1 atom stereocenters. The van der Waals surface area contributed by atoms with E-state index in [0.717, 1.165) is 67.0 Å². The van der Waals surface area contributed by atoms with Gasteiger partial charge in [-0.1, -0.05) is 86.3 Å². The van der Waals surface area contributed by atoms with Gasteiger partial charge in [-0.05, 0) is 37.5 Å². The molecule has 0 radical (unpaired) electrons. The van der Waals surface area contributed by atoms with E-state index in [4.69, 9.17) is 11.6 Å². The van der Waals surface area contributed by atoms with Crippen LogP contribution in [-0.4, -0.2) is 35.7 Å². The first-order valence-corrected chi connectivity index (χ1v) is 15.2. The van der Waals surface area contributed by atoms with Crippen molar-refractivity contribution < 1.29 is 4.79 Å². The van der Waals surface area contributed by atoms with E-state index in [0.29, 0.717) is 34.2 Å². The van der Waals surface area contributed by atoms with Gasteiger partial charge in [0.2, 0.25) is 5.91 Å². The molecule has 0 saturated heterocycles. The van der Waals surface area contributed by atoms with Gasteiger partial charge in [-0.3, -0.25) is 9.59 Å². The summed E-state index contributed by atoms with van der Waals surface area (Å²) in [5, 5.41) is 19.8. The van der Waals surface area contributed by atoms with Crippen LogP contribution in [0.1, 0.15) is 69.8 Å². The second-order valence-electron chi connectivity index (χ2n) is 10.1.